The molecular formula is C24H29N3O2. The molecule has 4 rings (SSSR count). The zero-order valence-electron chi connectivity index (χ0n) is 17.2. The third-order valence-electron chi connectivity index (χ3n) is 6.50. The van der Waals surface area contributed by atoms with Gasteiger partial charge in [-0.15, -0.1) is 0 Å². The summed E-state index contributed by atoms with van der Waals surface area (Å²) >= 11 is 0. The van der Waals surface area contributed by atoms with E-state index >= 15 is 0 Å². The summed E-state index contributed by atoms with van der Waals surface area (Å²) in [4.78, 5) is 29.4. The lowest BCUT2D eigenvalue weighted by Crippen LogP contribution is -2.36. The fourth-order valence-electron chi connectivity index (χ4n) is 5.02. The number of fused-ring (bicyclic) bond motifs is 1. The Morgan fingerprint density at radius 3 is 2.41 bits per heavy atom. The van der Waals surface area contributed by atoms with Gasteiger partial charge in [0, 0.05) is 44.0 Å². The normalized spacial score (nSPS) is 23.3. The van der Waals surface area contributed by atoms with E-state index in [2.05, 4.69) is 19.1 Å². The molecule has 2 N–H and O–H groups in total. The second-order valence-corrected chi connectivity index (χ2v) is 8.34. The maximum Gasteiger partial charge on any atom is 0.253 e. The quantitative estimate of drug-likeness (QED) is 0.872. The third kappa shape index (κ3) is 3.67. The van der Waals surface area contributed by atoms with Gasteiger partial charge in [-0.05, 0) is 48.7 Å². The standard InChI is InChI=1S/C24H29N3O2/c1-16-5-3-4-6-21(16)23-22-15-26(13-20(22)14-27(23)17(2)28)24(29)19-9-7-18(8-10-19)11-12-25/h3-10,20,22-23H,11-15,25H2,1-2H3/t20-,22-,23-/m1/s1. The molecule has 2 aliphatic heterocycles. The molecule has 0 spiro atoms. The van der Waals surface area contributed by atoms with E-state index in [4.69, 9.17) is 5.73 Å². The molecule has 5 heteroatoms. The Morgan fingerprint density at radius 2 is 1.76 bits per heavy atom. The molecule has 2 aromatic rings. The number of amides is 2. The van der Waals surface area contributed by atoms with Crippen LogP contribution in [0.15, 0.2) is 48.5 Å². The van der Waals surface area contributed by atoms with Crippen molar-refractivity contribution in [3.63, 3.8) is 0 Å². The first kappa shape index (κ1) is 19.6. The molecule has 0 aromatic heterocycles. The number of aryl methyl sites for hydroxylation is 1. The average Bonchev–Trinajstić information content (AvgIpc) is 3.27. The number of nitrogens with two attached hydrogens (primary N) is 1. The van der Waals surface area contributed by atoms with Crippen LogP contribution >= 0.6 is 0 Å². The van der Waals surface area contributed by atoms with Crippen LogP contribution in [0.5, 0.6) is 0 Å². The number of benzene rings is 2. The monoisotopic (exact) mass is 391 g/mol. The highest BCUT2D eigenvalue weighted by Gasteiger charge is 2.49. The summed E-state index contributed by atoms with van der Waals surface area (Å²) in [5.74, 6) is 0.794. The lowest BCUT2D eigenvalue weighted by atomic mass is 9.87. The van der Waals surface area contributed by atoms with Crippen LogP contribution in [0.4, 0.5) is 0 Å². The summed E-state index contributed by atoms with van der Waals surface area (Å²) in [5, 5.41) is 0. The fraction of sp³-hybridized carbons (Fsp3) is 0.417. The van der Waals surface area contributed by atoms with Gasteiger partial charge in [0.1, 0.15) is 0 Å². The number of likely N-dealkylation sites (tertiary alicyclic amines) is 2. The molecule has 2 aliphatic rings. The molecule has 5 nitrogen and oxygen atoms in total. The van der Waals surface area contributed by atoms with Crippen LogP contribution in [0.3, 0.4) is 0 Å². The minimum atomic E-state index is 0.0448. The molecule has 2 saturated heterocycles. The molecule has 2 amide bonds. The van der Waals surface area contributed by atoms with Crippen molar-refractivity contribution in [3.05, 3.63) is 70.8 Å². The Hall–Kier alpha value is -2.66. The Kier molecular flexibility index (Phi) is 5.41. The molecule has 0 radical (unpaired) electrons. The molecule has 152 valence electrons. The number of nitrogens with zero attached hydrogens (tertiary/aromatic N) is 2. The molecule has 0 saturated carbocycles. The third-order valence-corrected chi connectivity index (χ3v) is 6.50. The maximum absolute atomic E-state index is 13.1. The SMILES string of the molecule is CC(=O)N1C[C@H]2CN(C(=O)c3ccc(CCN)cc3)C[C@H]2[C@H]1c1ccccc1C. The molecule has 2 aromatic carbocycles. The smallest absolute Gasteiger partial charge is 0.253 e. The van der Waals surface area contributed by atoms with E-state index in [1.54, 1.807) is 6.92 Å². The first-order chi connectivity index (χ1) is 14.0. The van der Waals surface area contributed by atoms with Crippen molar-refractivity contribution in [2.45, 2.75) is 26.3 Å². The molecule has 2 fully saturated rings. The van der Waals surface area contributed by atoms with Crippen molar-refractivity contribution in [1.82, 2.24) is 9.80 Å². The zero-order valence-corrected chi connectivity index (χ0v) is 17.2. The van der Waals surface area contributed by atoms with E-state index in [0.717, 1.165) is 24.1 Å². The maximum atomic E-state index is 13.1. The Bertz CT molecular complexity index is 909. The molecule has 3 atom stereocenters. The first-order valence-corrected chi connectivity index (χ1v) is 10.4. The molecular weight excluding hydrogens is 362 g/mol. The van der Waals surface area contributed by atoms with Crippen LogP contribution in [0.1, 0.15) is 40.0 Å². The highest BCUT2D eigenvalue weighted by molar-refractivity contribution is 5.94. The van der Waals surface area contributed by atoms with Crippen LogP contribution < -0.4 is 5.73 Å². The van der Waals surface area contributed by atoms with Crippen molar-refractivity contribution in [2.24, 2.45) is 17.6 Å². The highest BCUT2D eigenvalue weighted by Crippen LogP contribution is 2.46. The van der Waals surface area contributed by atoms with Crippen LogP contribution in [0.2, 0.25) is 0 Å². The zero-order chi connectivity index (χ0) is 20.5. The fourth-order valence-corrected chi connectivity index (χ4v) is 5.02. The van der Waals surface area contributed by atoms with Crippen molar-refractivity contribution in [2.75, 3.05) is 26.2 Å². The van der Waals surface area contributed by atoms with Crippen molar-refractivity contribution >= 4 is 11.8 Å². The van der Waals surface area contributed by atoms with Gasteiger partial charge in [0.25, 0.3) is 5.91 Å². The lowest BCUT2D eigenvalue weighted by molar-refractivity contribution is -0.130. The second kappa shape index (κ2) is 7.99. The summed E-state index contributed by atoms with van der Waals surface area (Å²) in [6.07, 6.45) is 0.821. The topological polar surface area (TPSA) is 66.6 Å². The van der Waals surface area contributed by atoms with E-state index in [1.807, 2.05) is 46.2 Å². The molecule has 0 aliphatic carbocycles. The summed E-state index contributed by atoms with van der Waals surface area (Å²) in [6, 6.07) is 16.1. The number of hydrogen-bond donors (Lipinski definition) is 1. The van der Waals surface area contributed by atoms with Crippen molar-refractivity contribution in [3.8, 4) is 0 Å². The number of carbonyl (C=O) groups is 2. The van der Waals surface area contributed by atoms with E-state index in [0.29, 0.717) is 25.6 Å². The van der Waals surface area contributed by atoms with E-state index in [9.17, 15) is 9.59 Å². The van der Waals surface area contributed by atoms with E-state index in [1.165, 1.54) is 11.1 Å². The van der Waals surface area contributed by atoms with Gasteiger partial charge in [-0.3, -0.25) is 9.59 Å². The minimum absolute atomic E-state index is 0.0448. The van der Waals surface area contributed by atoms with E-state index < -0.39 is 0 Å². The summed E-state index contributed by atoms with van der Waals surface area (Å²) < 4.78 is 0. The Labute approximate surface area is 172 Å². The molecule has 0 bridgehead atoms. The highest BCUT2D eigenvalue weighted by atomic mass is 16.2. The van der Waals surface area contributed by atoms with Gasteiger partial charge in [-0.1, -0.05) is 36.4 Å². The first-order valence-electron chi connectivity index (χ1n) is 10.4. The number of rotatable bonds is 4. The molecule has 0 unspecified atom stereocenters. The van der Waals surface area contributed by atoms with Gasteiger partial charge in [0.2, 0.25) is 5.91 Å². The van der Waals surface area contributed by atoms with E-state index in [-0.39, 0.29) is 23.8 Å². The van der Waals surface area contributed by atoms with Gasteiger partial charge in [0.05, 0.1) is 6.04 Å². The number of carbonyl (C=O) groups excluding carboxylic acids is 2. The Morgan fingerprint density at radius 1 is 1.03 bits per heavy atom. The number of hydrogen-bond acceptors (Lipinski definition) is 3. The van der Waals surface area contributed by atoms with Gasteiger partial charge >= 0.3 is 0 Å². The van der Waals surface area contributed by atoms with Crippen LogP contribution in [0, 0.1) is 18.8 Å². The largest absolute Gasteiger partial charge is 0.338 e. The van der Waals surface area contributed by atoms with Gasteiger partial charge in [-0.2, -0.15) is 0 Å². The van der Waals surface area contributed by atoms with Crippen LogP contribution in [-0.4, -0.2) is 47.8 Å². The predicted octanol–water partition coefficient (Wildman–Crippen LogP) is 2.79. The summed E-state index contributed by atoms with van der Waals surface area (Å²) in [7, 11) is 0. The average molecular weight is 392 g/mol. The van der Waals surface area contributed by atoms with Crippen molar-refractivity contribution < 1.29 is 9.59 Å². The second-order valence-electron chi connectivity index (χ2n) is 8.34. The van der Waals surface area contributed by atoms with Crippen LogP contribution in [0.25, 0.3) is 0 Å². The lowest BCUT2D eigenvalue weighted by Gasteiger charge is -2.30. The summed E-state index contributed by atoms with van der Waals surface area (Å²) in [5.41, 5.74) is 9.89. The Balaban J connectivity index is 1.55. The van der Waals surface area contributed by atoms with Gasteiger partial charge < -0.3 is 15.5 Å². The van der Waals surface area contributed by atoms with Crippen LogP contribution in [-0.2, 0) is 11.2 Å². The molecule has 2 heterocycles. The molecule has 29 heavy (non-hydrogen) atoms. The van der Waals surface area contributed by atoms with Crippen molar-refractivity contribution in [1.29, 1.82) is 0 Å². The summed E-state index contributed by atoms with van der Waals surface area (Å²) in [6.45, 7) is 6.48. The minimum Gasteiger partial charge on any atom is -0.338 e. The predicted molar refractivity (Wildman–Crippen MR) is 113 cm³/mol. The van der Waals surface area contributed by atoms with Gasteiger partial charge in [0.15, 0.2) is 0 Å². The van der Waals surface area contributed by atoms with Gasteiger partial charge in [-0.25, -0.2) is 0 Å².